The average molecular weight is 593 g/mol. The van der Waals surface area contributed by atoms with Gasteiger partial charge < -0.3 is 15.5 Å². The highest BCUT2D eigenvalue weighted by Gasteiger charge is 2.64. The second-order valence-corrected chi connectivity index (χ2v) is 16.0. The van der Waals surface area contributed by atoms with Crippen LogP contribution < -0.4 is 10.0 Å². The van der Waals surface area contributed by atoms with Crippen molar-refractivity contribution >= 4 is 16.1 Å². The largest absolute Gasteiger partial charge is 0.393 e. The molecule has 4 aliphatic carbocycles. The number of aryl methyl sites for hydroxylation is 1. The number of hydrogen-bond acceptors (Lipinski definition) is 6. The van der Waals surface area contributed by atoms with E-state index in [1.165, 1.54) is 23.5 Å². The lowest BCUT2D eigenvalue weighted by atomic mass is 9.41. The number of fused-ring (bicyclic) bond motifs is 5. The number of hydrogen-bond donors (Lipinski definition) is 4. The Morgan fingerprint density at radius 2 is 1.80 bits per heavy atom. The van der Waals surface area contributed by atoms with Gasteiger partial charge in [-0.15, -0.1) is 0 Å². The smallest absolute Gasteiger partial charge is 0.328 e. The van der Waals surface area contributed by atoms with Gasteiger partial charge in [-0.25, -0.2) is 17.9 Å². The van der Waals surface area contributed by atoms with Crippen LogP contribution in [0.5, 0.6) is 0 Å². The second kappa shape index (κ2) is 11.5. The summed E-state index contributed by atoms with van der Waals surface area (Å²) in [6.07, 6.45) is 11.2. The van der Waals surface area contributed by atoms with Gasteiger partial charge in [-0.3, -0.25) is 4.68 Å². The first-order chi connectivity index (χ1) is 19.4. The fourth-order valence-corrected chi connectivity index (χ4v) is 11.3. The highest BCUT2D eigenvalue weighted by Crippen LogP contribution is 2.69. The Hall–Kier alpha value is -1.65. The molecular weight excluding hydrogens is 540 g/mol. The number of carbonyl (C=O) groups is 1. The summed E-state index contributed by atoms with van der Waals surface area (Å²) in [5, 5.41) is 29.2. The Labute approximate surface area is 246 Å². The predicted molar refractivity (Wildman–Crippen MR) is 157 cm³/mol. The molecule has 41 heavy (non-hydrogen) atoms. The van der Waals surface area contributed by atoms with Crippen molar-refractivity contribution in [1.82, 2.24) is 19.8 Å². The summed E-state index contributed by atoms with van der Waals surface area (Å²) in [4.78, 5) is 12.4. The molecule has 4 fully saturated rings. The molecule has 5 rings (SSSR count). The van der Waals surface area contributed by atoms with Gasteiger partial charge in [-0.05, 0) is 111 Å². The summed E-state index contributed by atoms with van der Waals surface area (Å²) in [6.45, 7) is 12.2. The van der Waals surface area contributed by atoms with Crippen LogP contribution in [0.25, 0.3) is 0 Å². The molecule has 4 saturated carbocycles. The monoisotopic (exact) mass is 592 g/mol. The Morgan fingerprint density at radius 3 is 2.49 bits per heavy atom. The molecule has 1 aromatic rings. The quantitative estimate of drug-likeness (QED) is 0.350. The summed E-state index contributed by atoms with van der Waals surface area (Å²) in [5.74, 6) is 2.86. The Kier molecular flexibility index (Phi) is 8.60. The maximum absolute atomic E-state index is 12.5. The third kappa shape index (κ3) is 5.35. The van der Waals surface area contributed by atoms with E-state index in [0.29, 0.717) is 48.6 Å². The van der Waals surface area contributed by atoms with Crippen molar-refractivity contribution in [3.63, 3.8) is 0 Å². The summed E-state index contributed by atoms with van der Waals surface area (Å²) >= 11 is 0. The van der Waals surface area contributed by atoms with Gasteiger partial charge in [0.25, 0.3) is 10.0 Å². The van der Waals surface area contributed by atoms with E-state index in [2.05, 4.69) is 42.8 Å². The van der Waals surface area contributed by atoms with Crippen LogP contribution in [0.1, 0.15) is 92.4 Å². The zero-order chi connectivity index (χ0) is 29.7. The molecule has 0 bridgehead atoms. The normalized spacial score (nSPS) is 41.1. The molecule has 1 aromatic heterocycles. The summed E-state index contributed by atoms with van der Waals surface area (Å²) in [7, 11) is -3.96. The topological polar surface area (TPSA) is 134 Å². The minimum atomic E-state index is -3.96. The highest BCUT2D eigenvalue weighted by atomic mass is 32.2. The van der Waals surface area contributed by atoms with Crippen LogP contribution in [-0.4, -0.2) is 53.2 Å². The number of urea groups is 1. The number of aliphatic hydroxyl groups excluding tert-OH is 2. The minimum Gasteiger partial charge on any atom is -0.393 e. The first-order valence-corrected chi connectivity index (χ1v) is 17.5. The number of rotatable bonds is 8. The fourth-order valence-electron chi connectivity index (χ4n) is 10.4. The number of aromatic nitrogens is 2. The second-order valence-electron chi connectivity index (χ2n) is 14.3. The Balaban J connectivity index is 1.21. The summed E-state index contributed by atoms with van der Waals surface area (Å²) < 4.78 is 28.7. The van der Waals surface area contributed by atoms with Crippen molar-refractivity contribution in [2.24, 2.45) is 52.3 Å². The minimum absolute atomic E-state index is 0.0248. The molecule has 0 radical (unpaired) electrons. The molecule has 0 aromatic carbocycles. The fraction of sp³-hybridized carbons (Fsp3) is 0.871. The van der Waals surface area contributed by atoms with Gasteiger partial charge in [0.1, 0.15) is 4.90 Å². The molecule has 0 aliphatic heterocycles. The van der Waals surface area contributed by atoms with Crippen molar-refractivity contribution in [3.8, 4) is 0 Å². The summed E-state index contributed by atoms with van der Waals surface area (Å²) in [5.41, 5.74) is 0.351. The van der Waals surface area contributed by atoms with Crippen molar-refractivity contribution in [1.29, 1.82) is 0 Å². The summed E-state index contributed by atoms with van der Waals surface area (Å²) in [6, 6.07) is -0.714. The van der Waals surface area contributed by atoms with Crippen molar-refractivity contribution in [2.75, 3.05) is 6.54 Å². The van der Waals surface area contributed by atoms with Crippen LogP contribution in [0.4, 0.5) is 4.79 Å². The van der Waals surface area contributed by atoms with Crippen molar-refractivity contribution in [3.05, 3.63) is 12.4 Å². The lowest BCUT2D eigenvalue weighted by Gasteiger charge is -2.64. The van der Waals surface area contributed by atoms with Gasteiger partial charge in [0, 0.05) is 19.3 Å². The predicted octanol–water partition coefficient (Wildman–Crippen LogP) is 4.54. The molecule has 3 unspecified atom stereocenters. The molecule has 0 saturated heterocycles. The highest BCUT2D eigenvalue weighted by molar-refractivity contribution is 7.90. The van der Waals surface area contributed by atoms with Crippen LogP contribution in [0.3, 0.4) is 0 Å². The van der Waals surface area contributed by atoms with Crippen LogP contribution in [0.15, 0.2) is 17.3 Å². The first-order valence-electron chi connectivity index (χ1n) is 16.0. The third-order valence-corrected chi connectivity index (χ3v) is 13.8. The molecule has 0 spiro atoms. The van der Waals surface area contributed by atoms with Crippen LogP contribution in [0.2, 0.25) is 0 Å². The van der Waals surface area contributed by atoms with E-state index < -0.39 is 16.1 Å². The average Bonchev–Trinajstić information content (AvgIpc) is 3.55. The zero-order valence-electron chi connectivity index (χ0n) is 25.6. The van der Waals surface area contributed by atoms with E-state index in [4.69, 9.17) is 0 Å². The van der Waals surface area contributed by atoms with Gasteiger partial charge in [0.2, 0.25) is 0 Å². The number of sulfonamides is 1. The molecule has 4 N–H and O–H groups in total. The number of nitrogens with zero attached hydrogens (tertiary/aromatic N) is 2. The standard InChI is InChI=1S/C31H52N4O5S/c1-6-22-26-16-20(36)10-13-31(26,5)25-11-14-30(4)23(8-9-24(30)27(25)28(22)37)19(3)12-15-32-29(38)34-41(39,40)21-17-33-35(7-2)18-21/h17-20,22-28,36-37H,6-16H2,1-5H3,(H2,32,34,38)/t19-,20-,22-,23-,24+,25+,26+,27?,28-,30?,31?/m1/s1. The van der Waals surface area contributed by atoms with Crippen LogP contribution in [0, 0.1) is 52.3 Å². The number of aliphatic hydroxyl groups is 2. The van der Waals surface area contributed by atoms with Gasteiger partial charge >= 0.3 is 6.03 Å². The van der Waals surface area contributed by atoms with E-state index in [1.54, 1.807) is 0 Å². The third-order valence-electron chi connectivity index (χ3n) is 12.5. The van der Waals surface area contributed by atoms with Gasteiger partial charge in [-0.1, -0.05) is 34.1 Å². The number of carbonyl (C=O) groups excluding carboxylic acids is 1. The Morgan fingerprint density at radius 1 is 1.10 bits per heavy atom. The SMILES string of the molecule is CC[C@H]1[C@@H](O)C2[C@@H]3CC[C@H]([C@H](C)CCNC(=O)NS(=O)(=O)c4cnn(CC)c4)C3(C)CC[C@@H]2C2(C)CC[C@@H](O)C[C@@H]12. The van der Waals surface area contributed by atoms with Gasteiger partial charge in [0.15, 0.2) is 0 Å². The lowest BCUT2D eigenvalue weighted by Crippen LogP contribution is -2.62. The maximum Gasteiger partial charge on any atom is 0.328 e. The zero-order valence-corrected chi connectivity index (χ0v) is 26.4. The van der Waals surface area contributed by atoms with E-state index in [9.17, 15) is 23.4 Å². The lowest BCUT2D eigenvalue weighted by molar-refractivity contribution is -0.203. The molecular formula is C31H52N4O5S. The molecule has 10 heteroatoms. The Bertz CT molecular complexity index is 1200. The van der Waals surface area contributed by atoms with E-state index in [0.717, 1.165) is 51.4 Å². The van der Waals surface area contributed by atoms with Gasteiger partial charge in [-0.2, -0.15) is 5.10 Å². The molecule has 1 heterocycles. The molecule has 11 atom stereocenters. The first kappa shape index (κ1) is 30.8. The number of nitrogens with one attached hydrogen (secondary N) is 2. The molecule has 4 aliphatic rings. The van der Waals surface area contributed by atoms with Crippen molar-refractivity contribution < 1.29 is 23.4 Å². The van der Waals surface area contributed by atoms with Crippen molar-refractivity contribution in [2.45, 2.75) is 116 Å². The maximum atomic E-state index is 12.5. The molecule has 2 amide bonds. The van der Waals surface area contributed by atoms with Crippen LogP contribution >= 0.6 is 0 Å². The van der Waals surface area contributed by atoms with Gasteiger partial charge in [0.05, 0.1) is 18.4 Å². The molecule has 9 nitrogen and oxygen atoms in total. The van der Waals surface area contributed by atoms with E-state index in [1.807, 2.05) is 6.92 Å². The molecule has 232 valence electrons. The van der Waals surface area contributed by atoms with E-state index in [-0.39, 0.29) is 33.9 Å². The van der Waals surface area contributed by atoms with Crippen LogP contribution in [-0.2, 0) is 16.6 Å². The number of amides is 2. The van der Waals surface area contributed by atoms with E-state index >= 15 is 0 Å².